The average Bonchev–Trinajstić information content (AvgIpc) is 2.74. The summed E-state index contributed by atoms with van der Waals surface area (Å²) in [6.07, 6.45) is -1.14. The van der Waals surface area contributed by atoms with E-state index in [1.807, 2.05) is 0 Å². The van der Waals surface area contributed by atoms with Crippen molar-refractivity contribution in [1.29, 1.82) is 0 Å². The summed E-state index contributed by atoms with van der Waals surface area (Å²) in [5.74, 6) is -0.926. The van der Waals surface area contributed by atoms with E-state index in [-0.39, 0.29) is 23.2 Å². The molecule has 0 atom stereocenters. The zero-order valence-electron chi connectivity index (χ0n) is 15.8. The van der Waals surface area contributed by atoms with Gasteiger partial charge in [0.15, 0.2) is 0 Å². The Bertz CT molecular complexity index is 1080. The van der Waals surface area contributed by atoms with E-state index >= 15 is 0 Å². The standard InChI is InChI=1S/C19H17ClF3N5O2/c1-24-13-9-28(14-8-26-27-18(29)16(14)20)6-5-11(13)19(25-2)30-15-4-3-10(21)7-12(15)17(22)23/h3-4,7-8,17H,1,5-6,9H2,2H3,(H,27,29). The Hall–Kier alpha value is -3.14. The van der Waals surface area contributed by atoms with Crippen LogP contribution in [0.25, 0.3) is 0 Å². The van der Waals surface area contributed by atoms with Crippen LogP contribution < -0.4 is 15.2 Å². The van der Waals surface area contributed by atoms with Gasteiger partial charge in [-0.2, -0.15) is 5.10 Å². The highest BCUT2D eigenvalue weighted by molar-refractivity contribution is 6.33. The maximum absolute atomic E-state index is 13.4. The van der Waals surface area contributed by atoms with Gasteiger partial charge in [-0.3, -0.25) is 14.8 Å². The molecule has 0 spiro atoms. The van der Waals surface area contributed by atoms with Gasteiger partial charge in [0.05, 0.1) is 29.7 Å². The highest BCUT2D eigenvalue weighted by Gasteiger charge is 2.26. The Kier molecular flexibility index (Phi) is 6.56. The number of anilines is 1. The molecule has 0 amide bonds. The molecule has 1 N–H and O–H groups in total. The molecule has 0 fully saturated rings. The summed E-state index contributed by atoms with van der Waals surface area (Å²) in [5.41, 5.74) is 0.354. The number of aromatic amines is 1. The normalized spacial score (nSPS) is 15.0. The molecule has 11 heteroatoms. The molecule has 0 unspecified atom stereocenters. The third-order valence-corrected chi connectivity index (χ3v) is 4.87. The smallest absolute Gasteiger partial charge is 0.285 e. The Morgan fingerprint density at radius 1 is 1.43 bits per heavy atom. The fourth-order valence-electron chi connectivity index (χ4n) is 3.05. The molecule has 0 saturated heterocycles. The van der Waals surface area contributed by atoms with E-state index in [1.165, 1.54) is 13.2 Å². The van der Waals surface area contributed by atoms with Gasteiger partial charge >= 0.3 is 0 Å². The second-order valence-corrected chi connectivity index (χ2v) is 6.64. The summed E-state index contributed by atoms with van der Waals surface area (Å²) in [6.45, 7) is 4.18. The van der Waals surface area contributed by atoms with Crippen LogP contribution in [0.2, 0.25) is 5.02 Å². The number of hydrogen-bond donors (Lipinski definition) is 1. The number of alkyl halides is 2. The minimum absolute atomic E-state index is 0.00891. The Morgan fingerprint density at radius 2 is 2.20 bits per heavy atom. The number of hydrogen-bond acceptors (Lipinski definition) is 6. The second kappa shape index (κ2) is 9.12. The van der Waals surface area contributed by atoms with Crippen LogP contribution in [0.15, 0.2) is 50.4 Å². The van der Waals surface area contributed by atoms with E-state index in [9.17, 15) is 18.0 Å². The number of nitrogens with one attached hydrogen (secondary N) is 1. The first-order chi connectivity index (χ1) is 14.3. The van der Waals surface area contributed by atoms with Crippen molar-refractivity contribution in [1.82, 2.24) is 10.2 Å². The summed E-state index contributed by atoms with van der Waals surface area (Å²) in [7, 11) is 1.44. The zero-order chi connectivity index (χ0) is 21.8. The number of rotatable bonds is 5. The first-order valence-corrected chi connectivity index (χ1v) is 9.13. The SMILES string of the molecule is C=NC1=C(C(=NC)Oc2ccc(F)cc2C(F)F)CCN(c2cn[nH]c(=O)c2Cl)C1. The van der Waals surface area contributed by atoms with Gasteiger partial charge in [0.1, 0.15) is 16.6 Å². The van der Waals surface area contributed by atoms with Crippen molar-refractivity contribution >= 4 is 29.9 Å². The molecule has 30 heavy (non-hydrogen) atoms. The summed E-state index contributed by atoms with van der Waals surface area (Å²) < 4.78 is 45.5. The van der Waals surface area contributed by atoms with E-state index < -0.39 is 23.4 Å². The molecule has 1 aliphatic rings. The van der Waals surface area contributed by atoms with Crippen molar-refractivity contribution in [3.63, 3.8) is 0 Å². The van der Waals surface area contributed by atoms with Gasteiger partial charge in [-0.25, -0.2) is 18.3 Å². The lowest BCUT2D eigenvalue weighted by Gasteiger charge is -2.31. The minimum Gasteiger partial charge on any atom is -0.439 e. The Morgan fingerprint density at radius 3 is 2.87 bits per heavy atom. The van der Waals surface area contributed by atoms with Gasteiger partial charge in [-0.15, -0.1) is 0 Å². The van der Waals surface area contributed by atoms with Gasteiger partial charge in [0.25, 0.3) is 12.0 Å². The van der Waals surface area contributed by atoms with Crippen LogP contribution in [0.3, 0.4) is 0 Å². The van der Waals surface area contributed by atoms with E-state index in [1.54, 1.807) is 4.90 Å². The van der Waals surface area contributed by atoms with Crippen LogP contribution in [0.1, 0.15) is 18.4 Å². The molecular formula is C19H17ClF3N5O2. The van der Waals surface area contributed by atoms with Crippen LogP contribution in [0, 0.1) is 5.82 Å². The molecule has 1 aliphatic heterocycles. The zero-order valence-corrected chi connectivity index (χ0v) is 16.6. The van der Waals surface area contributed by atoms with E-state index in [2.05, 4.69) is 26.9 Å². The number of nitrogens with zero attached hydrogens (tertiary/aromatic N) is 4. The monoisotopic (exact) mass is 439 g/mol. The molecule has 3 rings (SSSR count). The van der Waals surface area contributed by atoms with Gasteiger partial charge in [-0.1, -0.05) is 11.6 Å². The number of ether oxygens (including phenoxy) is 1. The Labute approximate surface area is 174 Å². The lowest BCUT2D eigenvalue weighted by Crippen LogP contribution is -2.35. The number of aromatic nitrogens is 2. The molecule has 7 nitrogen and oxygen atoms in total. The lowest BCUT2D eigenvalue weighted by molar-refractivity contribution is 0.148. The molecule has 0 radical (unpaired) electrons. The van der Waals surface area contributed by atoms with Crippen molar-refractivity contribution in [3.05, 3.63) is 62.4 Å². The molecule has 0 bridgehead atoms. The van der Waals surface area contributed by atoms with Crippen molar-refractivity contribution < 1.29 is 17.9 Å². The van der Waals surface area contributed by atoms with Crippen molar-refractivity contribution in [2.24, 2.45) is 9.98 Å². The summed E-state index contributed by atoms with van der Waals surface area (Å²) in [6, 6.07) is 2.87. The van der Waals surface area contributed by atoms with Gasteiger partial charge in [0, 0.05) is 19.2 Å². The van der Waals surface area contributed by atoms with E-state index in [0.717, 1.165) is 18.2 Å². The first kappa shape index (κ1) is 21.6. The maximum atomic E-state index is 13.4. The topological polar surface area (TPSA) is 82.9 Å². The quantitative estimate of drug-likeness (QED) is 0.568. The third kappa shape index (κ3) is 4.38. The van der Waals surface area contributed by atoms with Crippen LogP contribution in [0.4, 0.5) is 18.9 Å². The highest BCUT2D eigenvalue weighted by atomic mass is 35.5. The molecule has 1 aromatic heterocycles. The van der Waals surface area contributed by atoms with Crippen LogP contribution >= 0.6 is 11.6 Å². The molecule has 0 aliphatic carbocycles. The van der Waals surface area contributed by atoms with Crippen molar-refractivity contribution in [2.75, 3.05) is 25.0 Å². The predicted molar refractivity (Wildman–Crippen MR) is 109 cm³/mol. The summed E-state index contributed by atoms with van der Waals surface area (Å²) >= 11 is 6.07. The van der Waals surface area contributed by atoms with E-state index in [0.29, 0.717) is 29.9 Å². The number of halogens is 4. The second-order valence-electron chi connectivity index (χ2n) is 6.27. The third-order valence-electron chi connectivity index (χ3n) is 4.50. The molecule has 1 aromatic carbocycles. The maximum Gasteiger partial charge on any atom is 0.285 e. The number of benzene rings is 1. The fourth-order valence-corrected chi connectivity index (χ4v) is 3.26. The minimum atomic E-state index is -2.92. The first-order valence-electron chi connectivity index (χ1n) is 8.75. The van der Waals surface area contributed by atoms with Crippen molar-refractivity contribution in [3.8, 4) is 5.75 Å². The summed E-state index contributed by atoms with van der Waals surface area (Å²) in [4.78, 5) is 21.6. The molecule has 158 valence electrons. The number of aliphatic imine (C=N–C) groups is 2. The van der Waals surface area contributed by atoms with Crippen LogP contribution in [-0.4, -0.2) is 42.9 Å². The van der Waals surface area contributed by atoms with Gasteiger partial charge in [0.2, 0.25) is 5.90 Å². The van der Waals surface area contributed by atoms with Crippen LogP contribution in [0.5, 0.6) is 5.75 Å². The molecular weight excluding hydrogens is 423 g/mol. The number of H-pyrrole nitrogens is 1. The Balaban J connectivity index is 1.92. The highest BCUT2D eigenvalue weighted by Crippen LogP contribution is 2.32. The predicted octanol–water partition coefficient (Wildman–Crippen LogP) is 3.77. The molecule has 2 heterocycles. The summed E-state index contributed by atoms with van der Waals surface area (Å²) in [5, 5.41) is 5.99. The fraction of sp³-hybridized carbons (Fsp3) is 0.263. The van der Waals surface area contributed by atoms with Crippen molar-refractivity contribution in [2.45, 2.75) is 12.8 Å². The van der Waals surface area contributed by atoms with E-state index in [4.69, 9.17) is 16.3 Å². The lowest BCUT2D eigenvalue weighted by atomic mass is 10.0. The van der Waals surface area contributed by atoms with Crippen LogP contribution in [-0.2, 0) is 0 Å². The van der Waals surface area contributed by atoms with Gasteiger partial charge < -0.3 is 9.64 Å². The largest absolute Gasteiger partial charge is 0.439 e. The molecule has 2 aromatic rings. The van der Waals surface area contributed by atoms with Gasteiger partial charge in [-0.05, 0) is 31.3 Å². The average molecular weight is 440 g/mol. The molecule has 0 saturated carbocycles.